The summed E-state index contributed by atoms with van der Waals surface area (Å²) in [7, 11) is 0. The minimum Gasteiger partial charge on any atom is -0.394 e. The van der Waals surface area contributed by atoms with Gasteiger partial charge in [-0.25, -0.2) is 0 Å². The topological polar surface area (TPSA) is 149 Å². The second-order valence-electron chi connectivity index (χ2n) is 16.5. The Kier molecular flexibility index (Phi) is 35.7. The van der Waals surface area contributed by atoms with E-state index in [1.807, 2.05) is 6.08 Å². The van der Waals surface area contributed by atoms with Crippen LogP contribution in [0.15, 0.2) is 24.3 Å². The van der Waals surface area contributed by atoms with Gasteiger partial charge < -0.3 is 40.3 Å². The van der Waals surface area contributed by atoms with Gasteiger partial charge in [-0.15, -0.1) is 0 Å². The minimum absolute atomic E-state index is 0.188. The highest BCUT2D eigenvalue weighted by Gasteiger charge is 2.44. The van der Waals surface area contributed by atoms with Crippen molar-refractivity contribution >= 4 is 5.91 Å². The molecule has 330 valence electrons. The lowest BCUT2D eigenvalue weighted by molar-refractivity contribution is -0.302. The molecule has 7 atom stereocenters. The fourth-order valence-corrected chi connectivity index (χ4v) is 7.47. The molecule has 0 aromatic heterocycles. The Hall–Kier alpha value is -1.33. The Bertz CT molecular complexity index is 930. The average molecular weight is 796 g/mol. The second kappa shape index (κ2) is 37.9. The van der Waals surface area contributed by atoms with Crippen LogP contribution in [-0.4, -0.2) is 87.5 Å². The van der Waals surface area contributed by atoms with Crippen molar-refractivity contribution in [3.05, 3.63) is 24.3 Å². The molecule has 0 aromatic rings. The van der Waals surface area contributed by atoms with Gasteiger partial charge in [-0.2, -0.15) is 0 Å². The third kappa shape index (κ3) is 28.2. The van der Waals surface area contributed by atoms with Crippen LogP contribution in [0, 0.1) is 0 Å². The summed E-state index contributed by atoms with van der Waals surface area (Å²) in [4.78, 5) is 12.9. The Morgan fingerprint density at radius 1 is 0.589 bits per heavy atom. The molecule has 9 nitrogen and oxygen atoms in total. The molecule has 1 aliphatic rings. The van der Waals surface area contributed by atoms with E-state index in [4.69, 9.17) is 9.47 Å². The van der Waals surface area contributed by atoms with Gasteiger partial charge in [0.05, 0.1) is 25.4 Å². The second-order valence-corrected chi connectivity index (χ2v) is 16.5. The van der Waals surface area contributed by atoms with E-state index in [0.717, 1.165) is 38.5 Å². The van der Waals surface area contributed by atoms with Crippen molar-refractivity contribution in [2.24, 2.45) is 0 Å². The number of unbranched alkanes of at least 4 members (excludes halogenated alkanes) is 27. The highest BCUT2D eigenvalue weighted by Crippen LogP contribution is 2.23. The highest BCUT2D eigenvalue weighted by atomic mass is 16.7. The lowest BCUT2D eigenvalue weighted by Crippen LogP contribution is -2.60. The first-order chi connectivity index (χ1) is 27.3. The number of nitrogens with one attached hydrogen (secondary N) is 1. The lowest BCUT2D eigenvalue weighted by Gasteiger charge is -2.40. The molecule has 1 aliphatic heterocycles. The third-order valence-electron chi connectivity index (χ3n) is 11.3. The summed E-state index contributed by atoms with van der Waals surface area (Å²) in [6.45, 7) is 3.74. The highest BCUT2D eigenvalue weighted by molar-refractivity contribution is 5.76. The molecule has 1 saturated heterocycles. The van der Waals surface area contributed by atoms with Crippen LogP contribution < -0.4 is 5.32 Å². The van der Waals surface area contributed by atoms with Crippen molar-refractivity contribution in [1.29, 1.82) is 0 Å². The molecule has 1 amide bonds. The van der Waals surface area contributed by atoms with Crippen LogP contribution in [0.2, 0.25) is 0 Å². The number of carbonyl (C=O) groups is 1. The maximum Gasteiger partial charge on any atom is 0.220 e. The quantitative estimate of drug-likeness (QED) is 0.0266. The van der Waals surface area contributed by atoms with Gasteiger partial charge in [0.15, 0.2) is 6.29 Å². The van der Waals surface area contributed by atoms with Crippen molar-refractivity contribution in [3.8, 4) is 0 Å². The third-order valence-corrected chi connectivity index (χ3v) is 11.3. The summed E-state index contributed by atoms with van der Waals surface area (Å²) < 4.78 is 11.2. The van der Waals surface area contributed by atoms with Crippen LogP contribution in [0.4, 0.5) is 0 Å². The molecule has 1 heterocycles. The van der Waals surface area contributed by atoms with E-state index in [9.17, 15) is 30.3 Å². The first kappa shape index (κ1) is 52.7. The number of amides is 1. The standard InChI is InChI=1S/C47H89NO8/c1-3-5-7-9-11-13-15-16-17-18-19-20-21-22-23-24-25-26-27-28-30-32-34-36-41(50)40(39-55-47-46(54)45(53)44(52)42(38-49)56-47)48-43(51)37-35-33-31-29-14-12-10-8-6-4-2/h27-28,34,36,40-42,44-47,49-50,52-54H,3-26,29-33,35,37-39H2,1-2H3,(H,48,51)/b28-27+,36-34+. The van der Waals surface area contributed by atoms with Crippen molar-refractivity contribution in [2.75, 3.05) is 13.2 Å². The predicted molar refractivity (Wildman–Crippen MR) is 230 cm³/mol. The molecule has 0 aliphatic carbocycles. The Balaban J connectivity index is 2.30. The molecule has 0 aromatic carbocycles. The molecular weight excluding hydrogens is 707 g/mol. The normalized spacial score (nSPS) is 21.3. The van der Waals surface area contributed by atoms with Crippen LogP contribution in [0.25, 0.3) is 0 Å². The average Bonchev–Trinajstić information content (AvgIpc) is 3.20. The molecule has 6 N–H and O–H groups in total. The number of ether oxygens (including phenoxy) is 2. The summed E-state index contributed by atoms with van der Waals surface area (Å²) in [6.07, 6.45) is 38.1. The molecule has 9 heteroatoms. The zero-order valence-electron chi connectivity index (χ0n) is 36.1. The smallest absolute Gasteiger partial charge is 0.220 e. The van der Waals surface area contributed by atoms with Gasteiger partial charge in [0, 0.05) is 6.42 Å². The summed E-state index contributed by atoms with van der Waals surface area (Å²) in [5.74, 6) is -0.188. The Morgan fingerprint density at radius 2 is 1.02 bits per heavy atom. The van der Waals surface area contributed by atoms with Crippen LogP contribution in [0.3, 0.4) is 0 Å². The van der Waals surface area contributed by atoms with Gasteiger partial charge in [0.2, 0.25) is 5.91 Å². The number of aliphatic hydroxyl groups excluding tert-OH is 5. The Morgan fingerprint density at radius 3 is 1.50 bits per heavy atom. The van der Waals surface area contributed by atoms with Gasteiger partial charge in [-0.3, -0.25) is 4.79 Å². The molecule has 0 saturated carbocycles. The van der Waals surface area contributed by atoms with Crippen molar-refractivity contribution < 1.29 is 39.8 Å². The predicted octanol–water partition coefficient (Wildman–Crippen LogP) is 9.89. The van der Waals surface area contributed by atoms with E-state index in [0.29, 0.717) is 6.42 Å². The van der Waals surface area contributed by atoms with E-state index < -0.39 is 49.5 Å². The SMILES string of the molecule is CCCCCCCCCCCCCCCCCCC/C=C/CC/C=C/C(O)C(COC1OC(CO)C(O)C(O)C1O)NC(=O)CCCCCCCCCCCC. The van der Waals surface area contributed by atoms with Crippen LogP contribution in [0.5, 0.6) is 0 Å². The van der Waals surface area contributed by atoms with Gasteiger partial charge in [-0.1, -0.05) is 199 Å². The van der Waals surface area contributed by atoms with Gasteiger partial charge in [0.25, 0.3) is 0 Å². The van der Waals surface area contributed by atoms with Crippen molar-refractivity contribution in [2.45, 2.75) is 256 Å². The van der Waals surface area contributed by atoms with E-state index in [1.165, 1.54) is 154 Å². The van der Waals surface area contributed by atoms with E-state index in [1.54, 1.807) is 6.08 Å². The molecule has 56 heavy (non-hydrogen) atoms. The lowest BCUT2D eigenvalue weighted by atomic mass is 9.99. The van der Waals surface area contributed by atoms with Gasteiger partial charge in [0.1, 0.15) is 24.4 Å². The summed E-state index contributed by atoms with van der Waals surface area (Å²) in [5.41, 5.74) is 0. The van der Waals surface area contributed by atoms with Crippen LogP contribution in [0.1, 0.15) is 213 Å². The summed E-state index contributed by atoms with van der Waals surface area (Å²) in [5, 5.41) is 54.1. The number of hydrogen-bond donors (Lipinski definition) is 6. The molecule has 1 rings (SSSR count). The van der Waals surface area contributed by atoms with E-state index >= 15 is 0 Å². The number of allylic oxidation sites excluding steroid dienone is 3. The van der Waals surface area contributed by atoms with E-state index in [2.05, 4.69) is 31.3 Å². The molecular formula is C47H89NO8. The number of aliphatic hydroxyl groups is 5. The van der Waals surface area contributed by atoms with Crippen LogP contribution in [-0.2, 0) is 14.3 Å². The first-order valence-electron chi connectivity index (χ1n) is 23.6. The molecule has 7 unspecified atom stereocenters. The van der Waals surface area contributed by atoms with E-state index in [-0.39, 0.29) is 12.5 Å². The fraction of sp³-hybridized carbons (Fsp3) is 0.894. The monoisotopic (exact) mass is 796 g/mol. The first-order valence-corrected chi connectivity index (χ1v) is 23.6. The molecule has 0 bridgehead atoms. The number of carbonyl (C=O) groups excluding carboxylic acids is 1. The molecule has 1 fully saturated rings. The largest absolute Gasteiger partial charge is 0.394 e. The molecule has 0 radical (unpaired) electrons. The van der Waals surface area contributed by atoms with Gasteiger partial charge >= 0.3 is 0 Å². The van der Waals surface area contributed by atoms with Crippen LogP contribution >= 0.6 is 0 Å². The number of rotatable bonds is 39. The number of hydrogen-bond acceptors (Lipinski definition) is 8. The fourth-order valence-electron chi connectivity index (χ4n) is 7.47. The van der Waals surface area contributed by atoms with Gasteiger partial charge in [-0.05, 0) is 32.1 Å². The van der Waals surface area contributed by atoms with Crippen molar-refractivity contribution in [1.82, 2.24) is 5.32 Å². The Labute approximate surface area is 343 Å². The summed E-state index contributed by atoms with van der Waals surface area (Å²) >= 11 is 0. The maximum atomic E-state index is 12.9. The molecule has 0 spiro atoms. The maximum absolute atomic E-state index is 12.9. The zero-order valence-corrected chi connectivity index (χ0v) is 36.1. The zero-order chi connectivity index (χ0) is 40.9. The van der Waals surface area contributed by atoms with Crippen molar-refractivity contribution in [3.63, 3.8) is 0 Å². The minimum atomic E-state index is -1.57. The summed E-state index contributed by atoms with van der Waals surface area (Å²) in [6, 6.07) is -0.815.